The summed E-state index contributed by atoms with van der Waals surface area (Å²) >= 11 is 5.84. The van der Waals surface area contributed by atoms with Crippen molar-refractivity contribution in [3.63, 3.8) is 0 Å². The number of carbonyl (C=O) groups is 1. The van der Waals surface area contributed by atoms with Crippen molar-refractivity contribution in [3.05, 3.63) is 46.2 Å². The largest absolute Gasteiger partial charge is 0.433 e. The number of nitrogens with zero attached hydrogens (tertiary/aromatic N) is 2. The predicted molar refractivity (Wildman–Crippen MR) is 88.4 cm³/mol. The third-order valence-electron chi connectivity index (χ3n) is 3.38. The van der Waals surface area contributed by atoms with E-state index in [-0.39, 0.29) is 16.7 Å². The maximum Gasteiger partial charge on any atom is 0.387 e. The van der Waals surface area contributed by atoms with Crippen LogP contribution in [0.3, 0.4) is 0 Å². The van der Waals surface area contributed by atoms with Gasteiger partial charge >= 0.3 is 6.61 Å². The van der Waals surface area contributed by atoms with Crippen molar-refractivity contribution < 1.29 is 18.3 Å². The number of nitrogens with one attached hydrogen (secondary N) is 1. The molecule has 0 bridgehead atoms. The van der Waals surface area contributed by atoms with Gasteiger partial charge < -0.3 is 10.1 Å². The number of aromatic nitrogens is 2. The highest BCUT2D eigenvalue weighted by Gasteiger charge is 2.10. The molecule has 0 spiro atoms. The molecule has 1 aromatic heterocycles. The number of anilines is 1. The third-order valence-corrected chi connectivity index (χ3v) is 3.68. The van der Waals surface area contributed by atoms with Crippen LogP contribution < -0.4 is 10.1 Å². The molecule has 0 radical (unpaired) electrons. The van der Waals surface area contributed by atoms with Crippen LogP contribution >= 0.6 is 11.6 Å². The van der Waals surface area contributed by atoms with Crippen molar-refractivity contribution in [2.75, 3.05) is 5.32 Å². The zero-order valence-corrected chi connectivity index (χ0v) is 14.1. The summed E-state index contributed by atoms with van der Waals surface area (Å²) in [5.74, 6) is -0.530. The maximum absolute atomic E-state index is 12.2. The van der Waals surface area contributed by atoms with E-state index >= 15 is 0 Å². The van der Waals surface area contributed by atoms with Crippen LogP contribution in [0.5, 0.6) is 5.75 Å². The van der Waals surface area contributed by atoms with Gasteiger partial charge in [-0.05, 0) is 38.1 Å². The first-order valence-corrected chi connectivity index (χ1v) is 7.39. The molecule has 0 unspecified atom stereocenters. The Balaban J connectivity index is 2.07. The van der Waals surface area contributed by atoms with E-state index in [9.17, 15) is 13.6 Å². The van der Waals surface area contributed by atoms with E-state index in [2.05, 4.69) is 15.2 Å². The van der Waals surface area contributed by atoms with E-state index in [0.29, 0.717) is 5.69 Å². The molecule has 0 atom stereocenters. The minimum atomic E-state index is -2.96. The quantitative estimate of drug-likeness (QED) is 0.826. The smallest absolute Gasteiger partial charge is 0.387 e. The van der Waals surface area contributed by atoms with Crippen molar-refractivity contribution in [1.82, 2.24) is 9.78 Å². The Morgan fingerprint density at radius 2 is 2.12 bits per heavy atom. The van der Waals surface area contributed by atoms with E-state index in [1.54, 1.807) is 10.8 Å². The number of hydrogen-bond acceptors (Lipinski definition) is 3. The van der Waals surface area contributed by atoms with Crippen LogP contribution in [0, 0.1) is 13.8 Å². The summed E-state index contributed by atoms with van der Waals surface area (Å²) in [6.45, 7) is 0.794. The van der Waals surface area contributed by atoms with Gasteiger partial charge in [0.05, 0.1) is 10.7 Å². The molecule has 128 valence electrons. The molecule has 0 fully saturated rings. The fourth-order valence-electron chi connectivity index (χ4n) is 2.14. The molecule has 0 saturated heterocycles. The summed E-state index contributed by atoms with van der Waals surface area (Å²) in [7, 11) is 1.82. The lowest BCUT2D eigenvalue weighted by molar-refractivity contribution is -0.111. The monoisotopic (exact) mass is 355 g/mol. The van der Waals surface area contributed by atoms with Gasteiger partial charge in [0.1, 0.15) is 5.75 Å². The van der Waals surface area contributed by atoms with Gasteiger partial charge in [0, 0.05) is 30.1 Å². The van der Waals surface area contributed by atoms with Crippen LogP contribution in [0.1, 0.15) is 17.0 Å². The lowest BCUT2D eigenvalue weighted by Crippen LogP contribution is -2.08. The Morgan fingerprint density at radius 1 is 1.42 bits per heavy atom. The number of hydrogen-bond donors (Lipinski definition) is 1. The normalized spacial score (nSPS) is 11.3. The molecule has 0 aliphatic heterocycles. The molecule has 8 heteroatoms. The molecule has 2 rings (SSSR count). The number of carbonyl (C=O) groups excluding carboxylic acids is 1. The molecule has 0 aliphatic rings. The number of rotatable bonds is 5. The van der Waals surface area contributed by atoms with Gasteiger partial charge in [-0.1, -0.05) is 11.6 Å². The van der Waals surface area contributed by atoms with Gasteiger partial charge in [-0.15, -0.1) is 0 Å². The van der Waals surface area contributed by atoms with Crippen molar-refractivity contribution >= 4 is 29.3 Å². The molecule has 1 heterocycles. The molecule has 5 nitrogen and oxygen atoms in total. The third kappa shape index (κ3) is 4.32. The zero-order chi connectivity index (χ0) is 17.9. The molecular weight excluding hydrogens is 340 g/mol. The van der Waals surface area contributed by atoms with E-state index in [0.717, 1.165) is 17.0 Å². The fraction of sp³-hybridized carbons (Fsp3) is 0.250. The van der Waals surface area contributed by atoms with Crippen LogP contribution in [-0.4, -0.2) is 22.3 Å². The van der Waals surface area contributed by atoms with Crippen molar-refractivity contribution in [2.24, 2.45) is 7.05 Å². The van der Waals surface area contributed by atoms with Gasteiger partial charge in [-0.2, -0.15) is 13.9 Å². The number of benzene rings is 1. The lowest BCUT2D eigenvalue weighted by Gasteiger charge is -2.08. The minimum Gasteiger partial charge on any atom is -0.433 e. The van der Waals surface area contributed by atoms with Crippen LogP contribution in [0.15, 0.2) is 24.3 Å². The molecule has 1 amide bonds. The fourth-order valence-corrected chi connectivity index (χ4v) is 2.37. The molecule has 0 aliphatic carbocycles. The van der Waals surface area contributed by atoms with Crippen LogP contribution in [0.2, 0.25) is 5.02 Å². The highest BCUT2D eigenvalue weighted by molar-refractivity contribution is 6.32. The topological polar surface area (TPSA) is 56.2 Å². The Labute approximate surface area is 142 Å². The second-order valence-electron chi connectivity index (χ2n) is 5.05. The Hall–Kier alpha value is -2.41. The first-order chi connectivity index (χ1) is 11.3. The second-order valence-corrected chi connectivity index (χ2v) is 5.46. The summed E-state index contributed by atoms with van der Waals surface area (Å²) in [5, 5.41) is 6.84. The van der Waals surface area contributed by atoms with Gasteiger partial charge in [-0.25, -0.2) is 0 Å². The highest BCUT2D eigenvalue weighted by atomic mass is 35.5. The van der Waals surface area contributed by atoms with Crippen molar-refractivity contribution in [3.8, 4) is 5.75 Å². The number of alkyl halides is 2. The molecule has 0 saturated carbocycles. The first-order valence-electron chi connectivity index (χ1n) is 7.01. The van der Waals surface area contributed by atoms with Crippen LogP contribution in [0.4, 0.5) is 14.5 Å². The van der Waals surface area contributed by atoms with Gasteiger partial charge in [0.25, 0.3) is 0 Å². The second kappa shape index (κ2) is 7.44. The standard InChI is InChI=1S/C16H16ClF2N3O2/c1-9-12(10(2)22(3)21-9)5-7-15(23)20-11-4-6-14(13(17)8-11)24-16(18)19/h4-8,16H,1-3H3,(H,20,23)/b7-5+. The Kier molecular flexibility index (Phi) is 5.56. The van der Waals surface area contributed by atoms with E-state index in [4.69, 9.17) is 11.6 Å². The number of aryl methyl sites for hydroxylation is 2. The SMILES string of the molecule is Cc1nn(C)c(C)c1/C=C/C(=O)Nc1ccc(OC(F)F)c(Cl)c1. The van der Waals surface area contributed by atoms with E-state index in [1.165, 1.54) is 24.3 Å². The molecular formula is C16H16ClF2N3O2. The Morgan fingerprint density at radius 3 is 2.67 bits per heavy atom. The van der Waals surface area contributed by atoms with Gasteiger partial charge in [0.2, 0.25) is 5.91 Å². The van der Waals surface area contributed by atoms with Gasteiger partial charge in [0.15, 0.2) is 0 Å². The van der Waals surface area contributed by atoms with Crippen molar-refractivity contribution in [1.29, 1.82) is 0 Å². The molecule has 1 aromatic carbocycles. The summed E-state index contributed by atoms with van der Waals surface area (Å²) in [5.41, 5.74) is 2.99. The first kappa shape index (κ1) is 17.9. The molecule has 24 heavy (non-hydrogen) atoms. The highest BCUT2D eigenvalue weighted by Crippen LogP contribution is 2.29. The molecule has 2 aromatic rings. The minimum absolute atomic E-state index is 0.0176. The van der Waals surface area contributed by atoms with Crippen LogP contribution in [0.25, 0.3) is 6.08 Å². The van der Waals surface area contributed by atoms with E-state index in [1.807, 2.05) is 20.9 Å². The summed E-state index contributed by atoms with van der Waals surface area (Å²) < 4.78 is 30.3. The zero-order valence-electron chi connectivity index (χ0n) is 13.3. The predicted octanol–water partition coefficient (Wildman–Crippen LogP) is 3.94. The van der Waals surface area contributed by atoms with Crippen LogP contribution in [-0.2, 0) is 11.8 Å². The average molecular weight is 356 g/mol. The lowest BCUT2D eigenvalue weighted by atomic mass is 10.2. The number of halogens is 3. The van der Waals surface area contributed by atoms with Crippen molar-refractivity contribution in [2.45, 2.75) is 20.5 Å². The summed E-state index contributed by atoms with van der Waals surface area (Å²) in [6, 6.07) is 4.03. The number of ether oxygens (including phenoxy) is 1. The van der Waals surface area contributed by atoms with Gasteiger partial charge in [-0.3, -0.25) is 9.48 Å². The maximum atomic E-state index is 12.2. The summed E-state index contributed by atoms with van der Waals surface area (Å²) in [4.78, 5) is 12.0. The average Bonchev–Trinajstić information content (AvgIpc) is 2.73. The van der Waals surface area contributed by atoms with E-state index < -0.39 is 6.61 Å². The summed E-state index contributed by atoms with van der Waals surface area (Å²) in [6.07, 6.45) is 3.04. The number of amides is 1. The Bertz CT molecular complexity index is 788. The molecule has 1 N–H and O–H groups in total.